The first-order valence-electron chi connectivity index (χ1n) is 5.79. The summed E-state index contributed by atoms with van der Waals surface area (Å²) < 4.78 is 29.1. The number of hydrogen-bond donors (Lipinski definition) is 4. The third-order valence-corrected chi connectivity index (χ3v) is 3.01. The number of furan rings is 1. The van der Waals surface area contributed by atoms with Crippen LogP contribution in [0.3, 0.4) is 0 Å². The fourth-order valence-corrected chi connectivity index (χ4v) is 2.09. The molecule has 8 nitrogen and oxygen atoms in total. The van der Waals surface area contributed by atoms with Crippen molar-refractivity contribution in [1.29, 1.82) is 0 Å². The summed E-state index contributed by atoms with van der Waals surface area (Å²) in [5, 5.41) is 16.6. The Labute approximate surface area is 120 Å². The van der Waals surface area contributed by atoms with Crippen LogP contribution in [0.25, 0.3) is 0 Å². The highest BCUT2D eigenvalue weighted by atomic mass is 32.2. The van der Waals surface area contributed by atoms with Crippen molar-refractivity contribution in [1.82, 2.24) is 0 Å². The van der Waals surface area contributed by atoms with E-state index in [1.54, 1.807) is 24.3 Å². The molecular weight excluding hydrogens is 298 g/mol. The molecule has 0 unspecified atom stereocenters. The molecule has 21 heavy (non-hydrogen) atoms. The van der Waals surface area contributed by atoms with Crippen molar-refractivity contribution in [3.05, 3.63) is 47.9 Å². The minimum Gasteiger partial charge on any atom is -0.478 e. The van der Waals surface area contributed by atoms with Crippen LogP contribution in [0.1, 0.15) is 16.1 Å². The molecule has 2 aromatic rings. The summed E-state index contributed by atoms with van der Waals surface area (Å²) in [4.78, 5) is 10.7. The Morgan fingerprint density at radius 2 is 2.00 bits per heavy atom. The number of aromatic carboxylic acids is 1. The molecule has 0 radical (unpaired) electrons. The molecule has 1 aromatic carbocycles. The average Bonchev–Trinajstić information content (AvgIpc) is 2.83. The van der Waals surface area contributed by atoms with Crippen LogP contribution in [0.2, 0.25) is 0 Å². The van der Waals surface area contributed by atoms with Crippen LogP contribution in [0, 0.1) is 0 Å². The summed E-state index contributed by atoms with van der Waals surface area (Å²) >= 11 is 0. The van der Waals surface area contributed by atoms with Crippen LogP contribution in [0.4, 0.5) is 11.4 Å². The third-order valence-electron chi connectivity index (χ3n) is 2.49. The molecule has 1 heterocycles. The molecule has 112 valence electrons. The van der Waals surface area contributed by atoms with E-state index in [0.717, 1.165) is 6.26 Å². The van der Waals surface area contributed by atoms with E-state index in [0.29, 0.717) is 17.1 Å². The predicted octanol–water partition coefficient (Wildman–Crippen LogP) is 1.21. The lowest BCUT2D eigenvalue weighted by molar-refractivity contribution is 0.0696. The Morgan fingerprint density at radius 1 is 1.29 bits per heavy atom. The smallest absolute Gasteiger partial charge is 0.338 e. The first kappa shape index (κ1) is 14.9. The second-order valence-electron chi connectivity index (χ2n) is 4.19. The van der Waals surface area contributed by atoms with Gasteiger partial charge in [-0.15, -0.1) is 0 Å². The van der Waals surface area contributed by atoms with Crippen molar-refractivity contribution < 1.29 is 22.7 Å². The molecule has 0 atom stereocenters. The molecule has 0 saturated heterocycles. The van der Waals surface area contributed by atoms with Gasteiger partial charge in [-0.2, -0.15) is 8.42 Å². The topological polar surface area (TPSA) is 135 Å². The fourth-order valence-electron chi connectivity index (χ4n) is 1.63. The second-order valence-corrected chi connectivity index (χ2v) is 5.48. The zero-order valence-corrected chi connectivity index (χ0v) is 11.6. The Morgan fingerprint density at radius 3 is 2.62 bits per heavy atom. The summed E-state index contributed by atoms with van der Waals surface area (Å²) in [7, 11) is -3.83. The number of nitrogens with one attached hydrogen (secondary N) is 2. The van der Waals surface area contributed by atoms with Gasteiger partial charge in [0.1, 0.15) is 12.0 Å². The van der Waals surface area contributed by atoms with Crippen molar-refractivity contribution in [2.45, 2.75) is 6.54 Å². The Bertz CT molecular complexity index is 754. The minimum absolute atomic E-state index is 0.0662. The van der Waals surface area contributed by atoms with Crippen LogP contribution >= 0.6 is 0 Å². The lowest BCUT2D eigenvalue weighted by Gasteiger charge is -2.07. The largest absolute Gasteiger partial charge is 0.478 e. The number of carboxylic acid groups (broad SMARTS) is 1. The van der Waals surface area contributed by atoms with Crippen LogP contribution in [-0.2, 0) is 16.8 Å². The van der Waals surface area contributed by atoms with E-state index in [2.05, 4.69) is 10.0 Å². The van der Waals surface area contributed by atoms with Gasteiger partial charge in [0.05, 0.1) is 17.8 Å². The van der Waals surface area contributed by atoms with Crippen molar-refractivity contribution in [3.8, 4) is 0 Å². The van der Waals surface area contributed by atoms with Crippen molar-refractivity contribution in [2.75, 3.05) is 10.0 Å². The maximum Gasteiger partial charge on any atom is 0.338 e. The number of hydrogen-bond acceptors (Lipinski definition) is 5. The summed E-state index contributed by atoms with van der Waals surface area (Å²) in [6, 6.07) is 7.86. The molecule has 9 heteroatoms. The van der Waals surface area contributed by atoms with E-state index in [-0.39, 0.29) is 12.1 Å². The number of carbonyl (C=O) groups is 1. The van der Waals surface area contributed by atoms with Gasteiger partial charge in [0.2, 0.25) is 0 Å². The molecule has 0 aliphatic heterocycles. The zero-order chi connectivity index (χ0) is 15.5. The monoisotopic (exact) mass is 311 g/mol. The average molecular weight is 311 g/mol. The molecule has 0 saturated carbocycles. The molecule has 2 rings (SSSR count). The van der Waals surface area contributed by atoms with Gasteiger partial charge in [0, 0.05) is 5.69 Å². The van der Waals surface area contributed by atoms with Crippen LogP contribution in [-0.4, -0.2) is 19.5 Å². The highest BCUT2D eigenvalue weighted by Gasteiger charge is 2.08. The highest BCUT2D eigenvalue weighted by Crippen LogP contribution is 2.17. The second kappa shape index (κ2) is 5.85. The summed E-state index contributed by atoms with van der Waals surface area (Å²) in [5.41, 5.74) is 1.00. The highest BCUT2D eigenvalue weighted by molar-refractivity contribution is 7.90. The maximum absolute atomic E-state index is 10.9. The van der Waals surface area contributed by atoms with Gasteiger partial charge in [0.25, 0.3) is 10.2 Å². The van der Waals surface area contributed by atoms with E-state index in [9.17, 15) is 13.2 Å². The number of anilines is 2. The van der Waals surface area contributed by atoms with Crippen molar-refractivity contribution in [3.63, 3.8) is 0 Å². The number of nitrogens with two attached hydrogens (primary N) is 1. The zero-order valence-electron chi connectivity index (χ0n) is 10.7. The Balaban J connectivity index is 2.02. The number of rotatable bonds is 6. The van der Waals surface area contributed by atoms with Crippen LogP contribution in [0.15, 0.2) is 41.0 Å². The molecule has 0 spiro atoms. The van der Waals surface area contributed by atoms with E-state index < -0.39 is 16.2 Å². The van der Waals surface area contributed by atoms with E-state index >= 15 is 0 Å². The molecule has 0 bridgehead atoms. The summed E-state index contributed by atoms with van der Waals surface area (Å²) in [5.74, 6) is -0.624. The van der Waals surface area contributed by atoms with Gasteiger partial charge < -0.3 is 14.8 Å². The van der Waals surface area contributed by atoms with Gasteiger partial charge in [-0.05, 0) is 24.3 Å². The van der Waals surface area contributed by atoms with E-state index in [1.807, 2.05) is 0 Å². The third kappa shape index (κ3) is 4.51. The molecule has 0 aliphatic carbocycles. The maximum atomic E-state index is 10.9. The van der Waals surface area contributed by atoms with Crippen LogP contribution in [0.5, 0.6) is 0 Å². The van der Waals surface area contributed by atoms with Gasteiger partial charge in [-0.1, -0.05) is 6.07 Å². The molecular formula is C12H13N3O5S. The number of benzene rings is 1. The molecule has 5 N–H and O–H groups in total. The molecule has 0 amide bonds. The Hall–Kier alpha value is -2.52. The van der Waals surface area contributed by atoms with E-state index in [4.69, 9.17) is 14.7 Å². The van der Waals surface area contributed by atoms with Crippen LogP contribution < -0.4 is 15.2 Å². The predicted molar refractivity (Wildman–Crippen MR) is 76.2 cm³/mol. The first-order valence-corrected chi connectivity index (χ1v) is 7.33. The SMILES string of the molecule is NS(=O)(=O)Nc1cccc(NCc2cc(C(=O)O)co2)c1. The quantitative estimate of drug-likeness (QED) is 0.633. The van der Waals surface area contributed by atoms with Gasteiger partial charge in [0.15, 0.2) is 0 Å². The van der Waals surface area contributed by atoms with E-state index in [1.165, 1.54) is 6.07 Å². The standard InChI is InChI=1S/C12H13N3O5S/c13-21(18,19)15-10-3-1-2-9(5-10)14-6-11-4-8(7-20-11)12(16)17/h1-5,7,14-15H,6H2,(H,16,17)(H2,13,18,19). The van der Waals surface area contributed by atoms with Crippen molar-refractivity contribution >= 4 is 27.6 Å². The first-order chi connectivity index (χ1) is 9.83. The van der Waals surface area contributed by atoms with Crippen molar-refractivity contribution in [2.24, 2.45) is 5.14 Å². The van der Waals surface area contributed by atoms with Gasteiger partial charge in [-0.3, -0.25) is 4.72 Å². The summed E-state index contributed by atoms with van der Waals surface area (Å²) in [6.07, 6.45) is 1.15. The molecule has 0 fully saturated rings. The lowest BCUT2D eigenvalue weighted by atomic mass is 10.2. The summed E-state index contributed by atoms with van der Waals surface area (Å²) in [6.45, 7) is 0.256. The lowest BCUT2D eigenvalue weighted by Crippen LogP contribution is -2.21. The molecule has 1 aromatic heterocycles. The normalized spacial score (nSPS) is 11.1. The molecule has 0 aliphatic rings. The number of carboxylic acids is 1. The minimum atomic E-state index is -3.83. The fraction of sp³-hybridized carbons (Fsp3) is 0.0833. The van der Waals surface area contributed by atoms with Gasteiger partial charge >= 0.3 is 5.97 Å². The van der Waals surface area contributed by atoms with Gasteiger partial charge in [-0.25, -0.2) is 9.93 Å². The Kier molecular flexibility index (Phi) is 4.15.